The van der Waals surface area contributed by atoms with E-state index in [-0.39, 0.29) is 5.60 Å². The average molecular weight is 621 g/mol. The van der Waals surface area contributed by atoms with Crippen LogP contribution in [0.1, 0.15) is 142 Å². The topological polar surface area (TPSA) is 44.8 Å². The van der Waals surface area contributed by atoms with Gasteiger partial charge in [0, 0.05) is 11.0 Å². The zero-order chi connectivity index (χ0) is 30.4. The van der Waals surface area contributed by atoms with Crippen molar-refractivity contribution in [3.63, 3.8) is 0 Å². The van der Waals surface area contributed by atoms with E-state index in [1.165, 1.54) is 76.4 Å². The third kappa shape index (κ3) is 13.3. The zero-order valence-corrected chi connectivity index (χ0v) is 29.3. The maximum Gasteiger partial charge on any atom is 0.513 e. The summed E-state index contributed by atoms with van der Waals surface area (Å²) in [5, 5.41) is 0.816. The molecule has 1 saturated heterocycles. The van der Waals surface area contributed by atoms with E-state index >= 15 is 0 Å². The van der Waals surface area contributed by atoms with Crippen LogP contribution in [-0.2, 0) is 11.2 Å². The average Bonchev–Trinajstić information content (AvgIpc) is 3.45. The van der Waals surface area contributed by atoms with Gasteiger partial charge in [-0.05, 0) is 99.8 Å². The molecule has 0 saturated carbocycles. The SMILES string of the molecule is Cc1cc(OC(=O)OCCCCCC2CCSS2)cc2c1O[C@](C)(CCC[C@H](C)CCC[C@H](C)CCCC(C)C)CC2. The Bertz CT molecular complexity index is 929. The molecule has 4 atom stereocenters. The van der Waals surface area contributed by atoms with Gasteiger partial charge in [-0.3, -0.25) is 0 Å². The Morgan fingerprint density at radius 3 is 2.38 bits per heavy atom. The molecule has 2 heterocycles. The molecule has 0 aromatic heterocycles. The minimum Gasteiger partial charge on any atom is -0.487 e. The van der Waals surface area contributed by atoms with E-state index in [0.29, 0.717) is 12.4 Å². The lowest BCUT2D eigenvalue weighted by atomic mass is 9.85. The van der Waals surface area contributed by atoms with Gasteiger partial charge < -0.3 is 14.2 Å². The third-order valence-corrected chi connectivity index (χ3v) is 12.2. The van der Waals surface area contributed by atoms with Crippen molar-refractivity contribution >= 4 is 27.7 Å². The summed E-state index contributed by atoms with van der Waals surface area (Å²) in [4.78, 5) is 12.3. The minimum absolute atomic E-state index is 0.126. The van der Waals surface area contributed by atoms with Gasteiger partial charge in [-0.1, -0.05) is 107 Å². The van der Waals surface area contributed by atoms with Crippen LogP contribution in [0, 0.1) is 24.7 Å². The van der Waals surface area contributed by atoms with Crippen molar-refractivity contribution in [3.05, 3.63) is 23.3 Å². The van der Waals surface area contributed by atoms with Gasteiger partial charge in [-0.2, -0.15) is 0 Å². The molecule has 4 nitrogen and oxygen atoms in total. The summed E-state index contributed by atoms with van der Waals surface area (Å²) in [7, 11) is 4.03. The number of hydrogen-bond donors (Lipinski definition) is 0. The predicted molar refractivity (Wildman–Crippen MR) is 182 cm³/mol. The molecule has 1 unspecified atom stereocenters. The zero-order valence-electron chi connectivity index (χ0n) is 27.6. The molecule has 0 spiro atoms. The van der Waals surface area contributed by atoms with Crippen molar-refractivity contribution in [1.29, 1.82) is 0 Å². The number of fused-ring (bicyclic) bond motifs is 1. The van der Waals surface area contributed by atoms with Gasteiger partial charge in [-0.15, -0.1) is 0 Å². The van der Waals surface area contributed by atoms with Gasteiger partial charge in [-0.25, -0.2) is 4.79 Å². The summed E-state index contributed by atoms with van der Waals surface area (Å²) < 4.78 is 17.5. The molecule has 0 aliphatic carbocycles. The van der Waals surface area contributed by atoms with Gasteiger partial charge in [0.15, 0.2) is 0 Å². The number of ether oxygens (including phenoxy) is 3. The Morgan fingerprint density at radius 2 is 1.69 bits per heavy atom. The summed E-state index contributed by atoms with van der Waals surface area (Å²) in [5.41, 5.74) is 2.04. The molecular formula is C36H60O4S2. The van der Waals surface area contributed by atoms with Crippen LogP contribution in [0.2, 0.25) is 0 Å². The number of benzene rings is 1. The van der Waals surface area contributed by atoms with E-state index in [0.717, 1.165) is 72.0 Å². The van der Waals surface area contributed by atoms with Crippen molar-refractivity contribution in [2.75, 3.05) is 12.4 Å². The standard InChI is InChI=1S/C36H60O4S2/c1-27(2)13-10-14-28(3)15-11-16-29(4)17-12-21-36(6)22-19-31-26-32(25-30(5)34(31)40-36)39-35(37)38-23-9-7-8-18-33-20-24-41-42-33/h25-29,33H,7-24H2,1-6H3/t28-,29-,33?,36-/m1/s1. The Labute approximate surface area is 266 Å². The number of hydrogen-bond acceptors (Lipinski definition) is 6. The number of carbonyl (C=O) groups is 1. The molecule has 0 radical (unpaired) electrons. The van der Waals surface area contributed by atoms with Crippen molar-refractivity contribution < 1.29 is 19.0 Å². The van der Waals surface area contributed by atoms with Gasteiger partial charge in [0.05, 0.1) is 6.61 Å². The Morgan fingerprint density at radius 1 is 0.976 bits per heavy atom. The highest BCUT2D eigenvalue weighted by Gasteiger charge is 2.32. The first-order valence-electron chi connectivity index (χ1n) is 17.1. The molecule has 2 aliphatic heterocycles. The number of unbranched alkanes of at least 4 members (excludes halogenated alkanes) is 2. The van der Waals surface area contributed by atoms with Crippen LogP contribution >= 0.6 is 21.6 Å². The van der Waals surface area contributed by atoms with Crippen LogP contribution in [0.4, 0.5) is 4.79 Å². The van der Waals surface area contributed by atoms with Crippen LogP contribution in [0.25, 0.3) is 0 Å². The Balaban J connectivity index is 1.32. The first-order chi connectivity index (χ1) is 20.1. The van der Waals surface area contributed by atoms with Crippen LogP contribution < -0.4 is 9.47 Å². The van der Waals surface area contributed by atoms with Gasteiger partial charge >= 0.3 is 6.16 Å². The fraction of sp³-hybridized carbons (Fsp3) is 0.806. The highest BCUT2D eigenvalue weighted by molar-refractivity contribution is 8.77. The minimum atomic E-state index is -0.603. The van der Waals surface area contributed by atoms with E-state index in [1.807, 2.05) is 33.7 Å². The highest BCUT2D eigenvalue weighted by atomic mass is 33.1. The van der Waals surface area contributed by atoms with Gasteiger partial charge in [0.2, 0.25) is 0 Å². The first kappa shape index (κ1) is 35.5. The monoisotopic (exact) mass is 620 g/mol. The molecule has 1 fully saturated rings. The van der Waals surface area contributed by atoms with Crippen LogP contribution in [0.3, 0.4) is 0 Å². The van der Waals surface area contributed by atoms with Crippen molar-refractivity contribution in [2.24, 2.45) is 17.8 Å². The quantitative estimate of drug-likeness (QED) is 0.0663. The molecular weight excluding hydrogens is 561 g/mol. The first-order valence-corrected chi connectivity index (χ1v) is 19.5. The lowest BCUT2D eigenvalue weighted by molar-refractivity contribution is 0.0512. The summed E-state index contributed by atoms with van der Waals surface area (Å²) in [6, 6.07) is 3.88. The lowest BCUT2D eigenvalue weighted by Crippen LogP contribution is -2.36. The normalized spacial score (nSPS) is 21.5. The molecule has 1 aromatic carbocycles. The molecule has 240 valence electrons. The van der Waals surface area contributed by atoms with E-state index in [4.69, 9.17) is 14.2 Å². The summed E-state index contributed by atoms with van der Waals surface area (Å²) >= 11 is 0. The fourth-order valence-electron chi connectivity index (χ4n) is 6.37. The second kappa shape index (κ2) is 18.7. The van der Waals surface area contributed by atoms with Crippen LogP contribution in [-0.4, -0.2) is 29.4 Å². The molecule has 3 rings (SSSR count). The number of carbonyl (C=O) groups excluding carboxylic acids is 1. The van der Waals surface area contributed by atoms with E-state index < -0.39 is 6.16 Å². The van der Waals surface area contributed by atoms with E-state index in [9.17, 15) is 4.79 Å². The van der Waals surface area contributed by atoms with Crippen molar-refractivity contribution in [1.82, 2.24) is 0 Å². The van der Waals surface area contributed by atoms with Gasteiger partial charge in [0.25, 0.3) is 0 Å². The number of aryl methyl sites for hydroxylation is 2. The largest absolute Gasteiger partial charge is 0.513 e. The number of rotatable bonds is 19. The Hall–Kier alpha value is -1.01. The summed E-state index contributed by atoms with van der Waals surface area (Å²) in [6.45, 7) is 14.3. The molecule has 6 heteroatoms. The van der Waals surface area contributed by atoms with Crippen LogP contribution in [0.15, 0.2) is 12.1 Å². The predicted octanol–water partition coefficient (Wildman–Crippen LogP) is 11.7. The summed E-state index contributed by atoms with van der Waals surface area (Å²) in [6.07, 6.45) is 18.9. The van der Waals surface area contributed by atoms with E-state index in [1.54, 1.807) is 0 Å². The molecule has 0 N–H and O–H groups in total. The lowest BCUT2D eigenvalue weighted by Gasteiger charge is -2.37. The van der Waals surface area contributed by atoms with Crippen molar-refractivity contribution in [3.8, 4) is 11.5 Å². The maximum absolute atomic E-state index is 12.3. The van der Waals surface area contributed by atoms with Crippen LogP contribution in [0.5, 0.6) is 11.5 Å². The molecule has 2 aliphatic rings. The molecule has 0 amide bonds. The van der Waals surface area contributed by atoms with E-state index in [2.05, 4.69) is 41.5 Å². The second-order valence-electron chi connectivity index (χ2n) is 14.0. The van der Waals surface area contributed by atoms with Crippen molar-refractivity contribution in [2.45, 2.75) is 155 Å². The highest BCUT2D eigenvalue weighted by Crippen LogP contribution is 2.41. The fourth-order valence-corrected chi connectivity index (χ4v) is 9.40. The molecule has 0 bridgehead atoms. The third-order valence-electron chi connectivity index (χ3n) is 9.19. The molecule has 1 aromatic rings. The second-order valence-corrected chi connectivity index (χ2v) is 16.8. The van der Waals surface area contributed by atoms with Gasteiger partial charge in [0.1, 0.15) is 17.1 Å². The maximum atomic E-state index is 12.3. The smallest absolute Gasteiger partial charge is 0.487 e. The summed E-state index contributed by atoms with van der Waals surface area (Å²) in [5.74, 6) is 5.30. The molecule has 42 heavy (non-hydrogen) atoms. The Kier molecular flexibility index (Phi) is 15.8.